The summed E-state index contributed by atoms with van der Waals surface area (Å²) in [4.78, 5) is 27.2. The number of nitrogens with zero attached hydrogens (tertiary/aromatic N) is 1. The van der Waals surface area contributed by atoms with E-state index in [-0.39, 0.29) is 32.7 Å². The van der Waals surface area contributed by atoms with Crippen molar-refractivity contribution in [3.05, 3.63) is 27.0 Å². The predicted octanol–water partition coefficient (Wildman–Crippen LogP) is 3.36. The van der Waals surface area contributed by atoms with E-state index >= 15 is 0 Å². The third kappa shape index (κ3) is 5.02. The fourth-order valence-corrected chi connectivity index (χ4v) is 1.81. The third-order valence-corrected chi connectivity index (χ3v) is 4.07. The summed E-state index contributed by atoms with van der Waals surface area (Å²) in [5, 5.41) is 2.74. The van der Waals surface area contributed by atoms with Crippen molar-refractivity contribution in [1.29, 1.82) is 0 Å². The minimum absolute atomic E-state index is 0.0122. The largest absolute Gasteiger partial charge is 0.451 e. The number of carbonyl (C=O) groups excluding carboxylic acids is 2. The molecule has 0 aliphatic carbocycles. The summed E-state index contributed by atoms with van der Waals surface area (Å²) in [5.41, 5.74) is -0.184. The van der Waals surface area contributed by atoms with Crippen molar-refractivity contribution in [3.8, 4) is 0 Å². The number of nitrogens with one attached hydrogen (secondary N) is 1. The van der Waals surface area contributed by atoms with Crippen molar-refractivity contribution in [2.75, 3.05) is 6.61 Å². The van der Waals surface area contributed by atoms with Gasteiger partial charge in [-0.2, -0.15) is 0 Å². The maximum Gasteiger partial charge on any atom is 0.359 e. The molecule has 0 aliphatic heterocycles. The molecule has 0 unspecified atom stereocenters. The normalized spacial score (nSPS) is 12.1. The predicted molar refractivity (Wildman–Crippen MR) is 82.0 cm³/mol. The maximum atomic E-state index is 11.8. The number of rotatable bonds is 5. The minimum Gasteiger partial charge on any atom is -0.451 e. The molecule has 0 saturated carbocycles. The highest BCUT2D eigenvalue weighted by Gasteiger charge is 2.20. The molecule has 0 aliphatic rings. The van der Waals surface area contributed by atoms with Gasteiger partial charge in [0.2, 0.25) is 0 Å². The molecule has 1 aromatic rings. The van der Waals surface area contributed by atoms with Gasteiger partial charge in [-0.15, -0.1) is 0 Å². The fraction of sp³-hybridized carbons (Fsp3) is 0.462. The summed E-state index contributed by atoms with van der Waals surface area (Å²) < 4.78 is 4.85. The Balaban J connectivity index is 2.63. The van der Waals surface area contributed by atoms with Gasteiger partial charge < -0.3 is 10.1 Å². The van der Waals surface area contributed by atoms with E-state index in [4.69, 9.17) is 39.5 Å². The fourth-order valence-electron chi connectivity index (χ4n) is 1.25. The van der Waals surface area contributed by atoms with E-state index in [0.29, 0.717) is 0 Å². The van der Waals surface area contributed by atoms with Crippen LogP contribution in [0.4, 0.5) is 0 Å². The first-order chi connectivity index (χ1) is 9.73. The standard InChI is InChI=1S/C13H15Cl3N2O3/c1-6(2)7(3)18-9(19)5-21-13(20)12-11(16)10(15)8(14)4-17-12/h4,6-7H,5H2,1-3H3,(H,18,19)/t7-/m1/s1. The molecule has 1 amide bonds. The number of pyridine rings is 1. The number of hydrogen-bond acceptors (Lipinski definition) is 4. The van der Waals surface area contributed by atoms with Gasteiger partial charge >= 0.3 is 5.97 Å². The van der Waals surface area contributed by atoms with Gasteiger partial charge in [0.25, 0.3) is 5.91 Å². The lowest BCUT2D eigenvalue weighted by Gasteiger charge is -2.17. The quantitative estimate of drug-likeness (QED) is 0.824. The second-order valence-corrected chi connectivity index (χ2v) is 5.92. The molecule has 0 spiro atoms. The number of ether oxygens (including phenoxy) is 1. The second kappa shape index (κ2) is 7.82. The van der Waals surface area contributed by atoms with E-state index in [1.807, 2.05) is 20.8 Å². The number of hydrogen-bond donors (Lipinski definition) is 1. The summed E-state index contributed by atoms with van der Waals surface area (Å²) in [6, 6.07) is -0.0251. The molecule has 21 heavy (non-hydrogen) atoms. The van der Waals surface area contributed by atoms with Crippen LogP contribution < -0.4 is 5.32 Å². The average molecular weight is 354 g/mol. The molecule has 8 heteroatoms. The molecular weight excluding hydrogens is 339 g/mol. The smallest absolute Gasteiger partial charge is 0.359 e. The summed E-state index contributed by atoms with van der Waals surface area (Å²) in [7, 11) is 0. The van der Waals surface area contributed by atoms with Crippen LogP contribution in [0.1, 0.15) is 31.3 Å². The molecule has 0 bridgehead atoms. The molecule has 1 atom stereocenters. The lowest BCUT2D eigenvalue weighted by molar-refractivity contribution is -0.125. The van der Waals surface area contributed by atoms with Gasteiger partial charge in [-0.05, 0) is 12.8 Å². The molecule has 1 heterocycles. The van der Waals surface area contributed by atoms with Crippen LogP contribution in [0.2, 0.25) is 15.1 Å². The Bertz CT molecular complexity index is 550. The van der Waals surface area contributed by atoms with Gasteiger partial charge in [-0.25, -0.2) is 9.78 Å². The number of aromatic nitrogens is 1. The van der Waals surface area contributed by atoms with Crippen LogP contribution in [0.3, 0.4) is 0 Å². The Kier molecular flexibility index (Phi) is 6.71. The van der Waals surface area contributed by atoms with Crippen molar-refractivity contribution in [2.24, 2.45) is 5.92 Å². The number of amides is 1. The van der Waals surface area contributed by atoms with Crippen LogP contribution in [-0.2, 0) is 9.53 Å². The van der Waals surface area contributed by atoms with Crippen molar-refractivity contribution >= 4 is 46.7 Å². The number of halogens is 3. The molecule has 0 radical (unpaired) electrons. The maximum absolute atomic E-state index is 11.8. The summed E-state index contributed by atoms with van der Waals surface area (Å²) in [6.07, 6.45) is 1.19. The summed E-state index contributed by atoms with van der Waals surface area (Å²) >= 11 is 17.4. The van der Waals surface area contributed by atoms with Gasteiger partial charge in [0.15, 0.2) is 12.3 Å². The zero-order valence-corrected chi connectivity index (χ0v) is 14.0. The Hall–Kier alpha value is -1.04. The van der Waals surface area contributed by atoms with Gasteiger partial charge in [0.1, 0.15) is 0 Å². The molecule has 0 fully saturated rings. The second-order valence-electron chi connectivity index (χ2n) is 4.76. The molecule has 5 nitrogen and oxygen atoms in total. The average Bonchev–Trinajstić information content (AvgIpc) is 2.42. The first-order valence-corrected chi connectivity index (χ1v) is 7.33. The molecule has 1 aromatic heterocycles. The van der Waals surface area contributed by atoms with Crippen LogP contribution >= 0.6 is 34.8 Å². The van der Waals surface area contributed by atoms with Gasteiger partial charge in [0.05, 0.1) is 15.1 Å². The van der Waals surface area contributed by atoms with E-state index in [9.17, 15) is 9.59 Å². The van der Waals surface area contributed by atoms with Gasteiger partial charge in [0, 0.05) is 12.2 Å². The van der Waals surface area contributed by atoms with E-state index in [2.05, 4.69) is 10.3 Å². The molecule has 116 valence electrons. The number of carbonyl (C=O) groups is 2. The first kappa shape index (κ1) is 18.0. The highest BCUT2D eigenvalue weighted by atomic mass is 35.5. The highest BCUT2D eigenvalue weighted by Crippen LogP contribution is 2.31. The Morgan fingerprint density at radius 3 is 2.43 bits per heavy atom. The lowest BCUT2D eigenvalue weighted by Crippen LogP contribution is -2.38. The van der Waals surface area contributed by atoms with Crippen LogP contribution in [0.25, 0.3) is 0 Å². The topological polar surface area (TPSA) is 68.3 Å². The Morgan fingerprint density at radius 2 is 1.86 bits per heavy atom. The van der Waals surface area contributed by atoms with Crippen molar-refractivity contribution in [3.63, 3.8) is 0 Å². The zero-order chi connectivity index (χ0) is 16.2. The van der Waals surface area contributed by atoms with Crippen LogP contribution in [-0.4, -0.2) is 29.5 Å². The van der Waals surface area contributed by atoms with Crippen LogP contribution in [0, 0.1) is 5.92 Å². The summed E-state index contributed by atoms with van der Waals surface area (Å²) in [5.74, 6) is -0.970. The minimum atomic E-state index is -0.842. The SMILES string of the molecule is CC(C)[C@@H](C)NC(=O)COC(=O)c1ncc(Cl)c(Cl)c1Cl. The Morgan fingerprint density at radius 1 is 1.24 bits per heavy atom. The van der Waals surface area contributed by atoms with Gasteiger partial charge in [-0.3, -0.25) is 4.79 Å². The van der Waals surface area contributed by atoms with Crippen molar-refractivity contribution < 1.29 is 14.3 Å². The molecule has 0 saturated heterocycles. The van der Waals surface area contributed by atoms with Crippen molar-refractivity contribution in [1.82, 2.24) is 10.3 Å². The lowest BCUT2D eigenvalue weighted by atomic mass is 10.1. The third-order valence-electron chi connectivity index (χ3n) is 2.83. The van der Waals surface area contributed by atoms with E-state index in [0.717, 1.165) is 0 Å². The molecule has 1 rings (SSSR count). The van der Waals surface area contributed by atoms with Crippen molar-refractivity contribution in [2.45, 2.75) is 26.8 Å². The first-order valence-electron chi connectivity index (χ1n) is 6.20. The summed E-state index contributed by atoms with van der Waals surface area (Å²) in [6.45, 7) is 5.38. The Labute approximate surface area is 137 Å². The van der Waals surface area contributed by atoms with Crippen LogP contribution in [0.15, 0.2) is 6.20 Å². The molecular formula is C13H15Cl3N2O3. The van der Waals surface area contributed by atoms with E-state index < -0.39 is 18.5 Å². The van der Waals surface area contributed by atoms with Crippen LogP contribution in [0.5, 0.6) is 0 Å². The molecule has 1 N–H and O–H groups in total. The monoisotopic (exact) mass is 352 g/mol. The molecule has 0 aromatic carbocycles. The van der Waals surface area contributed by atoms with E-state index in [1.165, 1.54) is 6.20 Å². The van der Waals surface area contributed by atoms with E-state index in [1.54, 1.807) is 0 Å². The zero-order valence-electron chi connectivity index (χ0n) is 11.7. The van der Waals surface area contributed by atoms with Gasteiger partial charge in [-0.1, -0.05) is 48.7 Å². The number of esters is 1. The highest BCUT2D eigenvalue weighted by molar-refractivity contribution is 6.48.